The normalized spacial score (nSPS) is 19.3. The fourth-order valence-electron chi connectivity index (χ4n) is 5.12. The number of nitrogens with one attached hydrogen (secondary N) is 2. The number of benzene rings is 2. The van der Waals surface area contributed by atoms with Crippen molar-refractivity contribution in [2.75, 3.05) is 12.4 Å². The van der Waals surface area contributed by atoms with Crippen LogP contribution >= 0.6 is 23.2 Å². The lowest BCUT2D eigenvalue weighted by atomic mass is 9.71. The molecule has 37 heavy (non-hydrogen) atoms. The smallest absolute Gasteiger partial charge is 0.255 e. The molecule has 6 nitrogen and oxygen atoms in total. The molecule has 0 fully saturated rings. The topological polar surface area (TPSA) is 80.3 Å². The minimum absolute atomic E-state index is 0.00249. The zero-order valence-corrected chi connectivity index (χ0v) is 21.9. The summed E-state index contributed by atoms with van der Waals surface area (Å²) in [5, 5.41) is 7.12. The predicted octanol–water partition coefficient (Wildman–Crippen LogP) is 6.40. The predicted molar refractivity (Wildman–Crippen MR) is 145 cm³/mol. The Balaban J connectivity index is 1.57. The number of Topliss-reactive ketones (excluding diaryl/α,β-unsaturated/α-hetero) is 1. The van der Waals surface area contributed by atoms with Gasteiger partial charge in [-0.15, -0.1) is 0 Å². The molecule has 8 heteroatoms. The van der Waals surface area contributed by atoms with Crippen LogP contribution in [0.1, 0.15) is 42.7 Å². The zero-order valence-electron chi connectivity index (χ0n) is 20.3. The molecular weight excluding hydrogens is 509 g/mol. The second-order valence-electron chi connectivity index (χ2n) is 9.13. The molecule has 0 spiro atoms. The van der Waals surface area contributed by atoms with E-state index < -0.39 is 5.92 Å². The van der Waals surface area contributed by atoms with Gasteiger partial charge in [0.2, 0.25) is 0 Å². The molecule has 2 aromatic carbocycles. The number of aromatic nitrogens is 1. The number of methoxy groups -OCH3 is 1. The van der Waals surface area contributed by atoms with Crippen LogP contribution in [0.15, 0.2) is 89.4 Å². The molecule has 2 unspecified atom stereocenters. The van der Waals surface area contributed by atoms with Crippen molar-refractivity contribution >= 4 is 40.7 Å². The summed E-state index contributed by atoms with van der Waals surface area (Å²) in [6, 6.07) is 18.2. The number of carbonyl (C=O) groups excluding carboxylic acids is 2. The second-order valence-corrected chi connectivity index (χ2v) is 9.97. The van der Waals surface area contributed by atoms with Gasteiger partial charge in [0, 0.05) is 51.1 Å². The summed E-state index contributed by atoms with van der Waals surface area (Å²) in [5.74, 6) is 0.165. The van der Waals surface area contributed by atoms with E-state index in [1.807, 2.05) is 31.2 Å². The first-order valence-corrected chi connectivity index (χ1v) is 12.7. The number of pyridine rings is 1. The maximum Gasteiger partial charge on any atom is 0.255 e. The molecule has 2 aliphatic rings. The number of allylic oxidation sites excluding steroid dienone is 3. The third-order valence-corrected chi connectivity index (χ3v) is 7.40. The Kier molecular flexibility index (Phi) is 7.04. The lowest BCUT2D eigenvalue weighted by Crippen LogP contribution is -2.37. The van der Waals surface area contributed by atoms with E-state index in [9.17, 15) is 9.59 Å². The van der Waals surface area contributed by atoms with E-state index in [1.54, 1.807) is 49.7 Å². The summed E-state index contributed by atoms with van der Waals surface area (Å²) < 4.78 is 5.28. The van der Waals surface area contributed by atoms with E-state index in [2.05, 4.69) is 15.6 Å². The molecule has 1 aliphatic heterocycles. The van der Waals surface area contributed by atoms with Crippen LogP contribution in [0.25, 0.3) is 0 Å². The van der Waals surface area contributed by atoms with E-state index in [-0.39, 0.29) is 17.6 Å². The monoisotopic (exact) mass is 533 g/mol. The molecule has 188 valence electrons. The summed E-state index contributed by atoms with van der Waals surface area (Å²) in [5.41, 5.74) is 4.16. The Labute approximate surface area is 225 Å². The first-order chi connectivity index (χ1) is 17.9. The highest BCUT2D eigenvalue weighted by Gasteiger charge is 2.41. The van der Waals surface area contributed by atoms with Gasteiger partial charge >= 0.3 is 0 Å². The molecule has 0 radical (unpaired) electrons. The van der Waals surface area contributed by atoms with Crippen LogP contribution in [0.3, 0.4) is 0 Å². The third kappa shape index (κ3) is 4.99. The molecule has 3 aromatic rings. The molecule has 0 bridgehead atoms. The fraction of sp³-hybridized carbons (Fsp3) is 0.207. The van der Waals surface area contributed by atoms with Gasteiger partial charge in [-0.05, 0) is 66.8 Å². The third-order valence-electron chi connectivity index (χ3n) is 6.84. The van der Waals surface area contributed by atoms with Crippen molar-refractivity contribution in [1.82, 2.24) is 10.3 Å². The summed E-state index contributed by atoms with van der Waals surface area (Å²) >= 11 is 12.8. The van der Waals surface area contributed by atoms with Gasteiger partial charge < -0.3 is 15.4 Å². The first kappa shape index (κ1) is 25.1. The van der Waals surface area contributed by atoms with Gasteiger partial charge in [-0.25, -0.2) is 4.98 Å². The van der Waals surface area contributed by atoms with Crippen LogP contribution < -0.4 is 15.4 Å². The number of anilines is 1. The Morgan fingerprint density at radius 2 is 1.86 bits per heavy atom. The van der Waals surface area contributed by atoms with Crippen LogP contribution in [0.2, 0.25) is 10.0 Å². The maximum atomic E-state index is 13.8. The molecule has 1 aromatic heterocycles. The van der Waals surface area contributed by atoms with Crippen LogP contribution in [0.5, 0.6) is 5.75 Å². The highest BCUT2D eigenvalue weighted by Crippen LogP contribution is 2.47. The molecule has 0 saturated carbocycles. The number of hydrogen-bond acceptors (Lipinski definition) is 5. The van der Waals surface area contributed by atoms with Crippen molar-refractivity contribution in [3.63, 3.8) is 0 Å². The number of dihydropyridines is 1. The summed E-state index contributed by atoms with van der Waals surface area (Å²) in [6.45, 7) is 1.84. The maximum absolute atomic E-state index is 13.8. The summed E-state index contributed by atoms with van der Waals surface area (Å²) in [4.78, 5) is 31.6. The number of nitrogens with zero attached hydrogens (tertiary/aromatic N) is 1. The number of amides is 1. The van der Waals surface area contributed by atoms with Crippen LogP contribution in [0.4, 0.5) is 5.82 Å². The van der Waals surface area contributed by atoms with E-state index in [0.29, 0.717) is 51.1 Å². The highest BCUT2D eigenvalue weighted by molar-refractivity contribution is 6.35. The molecule has 0 saturated heterocycles. The van der Waals surface area contributed by atoms with E-state index >= 15 is 0 Å². The molecular formula is C29H25Cl2N3O3. The molecule has 1 aliphatic carbocycles. The van der Waals surface area contributed by atoms with Gasteiger partial charge in [-0.3, -0.25) is 9.59 Å². The second kappa shape index (κ2) is 10.4. The Morgan fingerprint density at radius 1 is 1.08 bits per heavy atom. The Bertz CT molecular complexity index is 1430. The number of ether oxygens (including phenoxy) is 1. The van der Waals surface area contributed by atoms with Crippen molar-refractivity contribution in [3.05, 3.63) is 111 Å². The van der Waals surface area contributed by atoms with Gasteiger partial charge in [-0.2, -0.15) is 0 Å². The number of carbonyl (C=O) groups is 2. The van der Waals surface area contributed by atoms with Crippen molar-refractivity contribution in [2.24, 2.45) is 0 Å². The SMILES string of the molecule is COc1ccc(C2CC(=O)C3=C(C2)NC(C)=C(C(=O)Nc2ccccn2)C3c2ccc(Cl)cc2Cl)cc1. The van der Waals surface area contributed by atoms with E-state index in [1.165, 1.54) is 0 Å². The number of hydrogen-bond donors (Lipinski definition) is 2. The van der Waals surface area contributed by atoms with Gasteiger partial charge in [0.1, 0.15) is 11.6 Å². The van der Waals surface area contributed by atoms with E-state index in [0.717, 1.165) is 17.0 Å². The molecule has 2 atom stereocenters. The van der Waals surface area contributed by atoms with Gasteiger partial charge in [-0.1, -0.05) is 47.5 Å². The van der Waals surface area contributed by atoms with E-state index in [4.69, 9.17) is 27.9 Å². The van der Waals surface area contributed by atoms with Crippen molar-refractivity contribution in [2.45, 2.75) is 31.6 Å². The number of halogens is 2. The van der Waals surface area contributed by atoms with Crippen molar-refractivity contribution < 1.29 is 14.3 Å². The lowest BCUT2D eigenvalue weighted by molar-refractivity contribution is -0.116. The largest absolute Gasteiger partial charge is 0.497 e. The number of ketones is 1. The minimum Gasteiger partial charge on any atom is -0.497 e. The lowest BCUT2D eigenvalue weighted by Gasteiger charge is -2.37. The van der Waals surface area contributed by atoms with Crippen molar-refractivity contribution in [1.29, 1.82) is 0 Å². The number of rotatable bonds is 5. The average Bonchev–Trinajstić information content (AvgIpc) is 2.88. The standard InChI is InChI=1S/C29H25Cl2N3O3/c1-16-26(29(36)34-25-5-3-4-12-32-25)27(21-11-8-19(30)15-22(21)31)28-23(33-16)13-18(14-24(28)35)17-6-9-20(37-2)10-7-17/h3-12,15,18,27,33H,13-14H2,1-2H3,(H,32,34,36). The average molecular weight is 534 g/mol. The van der Waals surface area contributed by atoms with Gasteiger partial charge in [0.05, 0.1) is 7.11 Å². The summed E-state index contributed by atoms with van der Waals surface area (Å²) in [6.07, 6.45) is 2.55. The zero-order chi connectivity index (χ0) is 26.1. The van der Waals surface area contributed by atoms with Crippen LogP contribution in [-0.4, -0.2) is 23.8 Å². The minimum atomic E-state index is -0.644. The quantitative estimate of drug-likeness (QED) is 0.396. The molecule has 1 amide bonds. The Hall–Kier alpha value is -3.61. The van der Waals surface area contributed by atoms with Gasteiger partial charge in [0.25, 0.3) is 5.91 Å². The van der Waals surface area contributed by atoms with Crippen molar-refractivity contribution in [3.8, 4) is 5.75 Å². The fourth-order valence-corrected chi connectivity index (χ4v) is 5.64. The van der Waals surface area contributed by atoms with Gasteiger partial charge in [0.15, 0.2) is 5.78 Å². The molecule has 5 rings (SSSR count). The van der Waals surface area contributed by atoms with Crippen LogP contribution in [0, 0.1) is 0 Å². The first-order valence-electron chi connectivity index (χ1n) is 11.9. The molecule has 2 heterocycles. The molecule has 2 N–H and O–H groups in total. The van der Waals surface area contributed by atoms with Crippen LogP contribution in [-0.2, 0) is 9.59 Å². The highest BCUT2D eigenvalue weighted by atomic mass is 35.5. The Morgan fingerprint density at radius 3 is 2.54 bits per heavy atom. The summed E-state index contributed by atoms with van der Waals surface area (Å²) in [7, 11) is 1.63.